The third-order valence-corrected chi connectivity index (χ3v) is 6.20. The number of benzene rings is 3. The van der Waals surface area contributed by atoms with Crippen molar-refractivity contribution in [1.82, 2.24) is 10.3 Å². The molecule has 4 rings (SSSR count). The molecular formula is C23H18Cl2N2S. The highest BCUT2D eigenvalue weighted by molar-refractivity contribution is 7.15. The first kappa shape index (κ1) is 19.2. The minimum Gasteiger partial charge on any atom is -0.306 e. The first-order chi connectivity index (χ1) is 13.7. The van der Waals surface area contributed by atoms with E-state index in [-0.39, 0.29) is 0 Å². The molecule has 0 aliphatic carbocycles. The maximum atomic E-state index is 6.06. The van der Waals surface area contributed by atoms with Crippen LogP contribution in [0.1, 0.15) is 10.6 Å². The van der Waals surface area contributed by atoms with Crippen molar-refractivity contribution < 1.29 is 0 Å². The molecule has 0 spiro atoms. The minimum atomic E-state index is 0.577. The molecule has 0 bridgehead atoms. The highest BCUT2D eigenvalue weighted by atomic mass is 35.5. The second-order valence-corrected chi connectivity index (χ2v) is 8.34. The average Bonchev–Trinajstić information content (AvgIpc) is 3.20. The molecule has 0 aliphatic heterocycles. The molecule has 2 nitrogen and oxygen atoms in total. The summed E-state index contributed by atoms with van der Waals surface area (Å²) < 4.78 is 0. The van der Waals surface area contributed by atoms with Gasteiger partial charge < -0.3 is 5.32 Å². The van der Waals surface area contributed by atoms with Gasteiger partial charge in [0.25, 0.3) is 0 Å². The molecule has 1 N–H and O–H groups in total. The second-order valence-electron chi connectivity index (χ2n) is 6.41. The van der Waals surface area contributed by atoms with Crippen molar-refractivity contribution in [3.63, 3.8) is 0 Å². The molecule has 0 aliphatic rings. The Labute approximate surface area is 178 Å². The van der Waals surface area contributed by atoms with Gasteiger partial charge in [-0.15, -0.1) is 11.3 Å². The summed E-state index contributed by atoms with van der Waals surface area (Å²) in [5.74, 6) is 0. The summed E-state index contributed by atoms with van der Waals surface area (Å²) in [7, 11) is 0. The molecule has 0 unspecified atom stereocenters. The lowest BCUT2D eigenvalue weighted by Gasteiger charge is -2.04. The Morgan fingerprint density at radius 3 is 2.21 bits per heavy atom. The quantitative estimate of drug-likeness (QED) is 0.357. The van der Waals surface area contributed by atoms with Gasteiger partial charge >= 0.3 is 0 Å². The fourth-order valence-electron chi connectivity index (χ4n) is 2.95. The van der Waals surface area contributed by atoms with Crippen LogP contribution in [-0.4, -0.2) is 4.98 Å². The summed E-state index contributed by atoms with van der Waals surface area (Å²) in [5.41, 5.74) is 4.73. The lowest BCUT2D eigenvalue weighted by atomic mass is 10.0. The Hall–Kier alpha value is -2.17. The van der Waals surface area contributed by atoms with Gasteiger partial charge in [-0.1, -0.05) is 83.9 Å². The van der Waals surface area contributed by atoms with Gasteiger partial charge in [-0.05, 0) is 34.4 Å². The molecule has 0 saturated heterocycles. The molecular weight excluding hydrogens is 407 g/mol. The third-order valence-electron chi connectivity index (χ3n) is 4.42. The standard InChI is InChI=1S/C23H18Cl2N2S/c24-20-11-6-16(12-21(20)25)13-26-15-23-27-14-22(28-23)19-9-7-18(8-10-19)17-4-2-1-3-5-17/h1-12,14,26H,13,15H2. The Morgan fingerprint density at radius 2 is 1.46 bits per heavy atom. The largest absolute Gasteiger partial charge is 0.306 e. The normalized spacial score (nSPS) is 10.9. The Bertz CT molecular complexity index is 1060. The molecule has 3 aromatic carbocycles. The molecule has 0 fully saturated rings. The van der Waals surface area contributed by atoms with E-state index in [2.05, 4.69) is 58.8 Å². The van der Waals surface area contributed by atoms with E-state index in [0.717, 1.165) is 17.1 Å². The second kappa shape index (κ2) is 8.89. The van der Waals surface area contributed by atoms with Crippen LogP contribution in [0.4, 0.5) is 0 Å². The molecule has 1 aromatic heterocycles. The number of rotatable bonds is 6. The van der Waals surface area contributed by atoms with Crippen LogP contribution in [0, 0.1) is 0 Å². The zero-order valence-corrected chi connectivity index (χ0v) is 17.4. The zero-order chi connectivity index (χ0) is 19.3. The van der Waals surface area contributed by atoms with Crippen molar-refractivity contribution in [3.8, 4) is 21.6 Å². The molecule has 4 aromatic rings. The Kier molecular flexibility index (Phi) is 6.08. The Balaban J connectivity index is 1.38. The maximum Gasteiger partial charge on any atom is 0.107 e. The van der Waals surface area contributed by atoms with Crippen molar-refractivity contribution >= 4 is 34.5 Å². The molecule has 140 valence electrons. The number of hydrogen-bond donors (Lipinski definition) is 1. The van der Waals surface area contributed by atoms with Gasteiger partial charge in [0.1, 0.15) is 5.01 Å². The van der Waals surface area contributed by atoms with Crippen LogP contribution in [0.25, 0.3) is 21.6 Å². The molecule has 1 heterocycles. The van der Waals surface area contributed by atoms with Crippen LogP contribution in [0.2, 0.25) is 10.0 Å². The minimum absolute atomic E-state index is 0.577. The van der Waals surface area contributed by atoms with Gasteiger partial charge in [0.05, 0.1) is 14.9 Å². The van der Waals surface area contributed by atoms with Crippen molar-refractivity contribution in [2.75, 3.05) is 0 Å². The van der Waals surface area contributed by atoms with E-state index in [1.165, 1.54) is 21.6 Å². The molecule has 5 heteroatoms. The van der Waals surface area contributed by atoms with Crippen LogP contribution < -0.4 is 5.32 Å². The SMILES string of the molecule is Clc1ccc(CNCc2ncc(-c3ccc(-c4ccccc4)cc3)s2)cc1Cl. The van der Waals surface area contributed by atoms with Crippen molar-refractivity contribution in [2.24, 2.45) is 0 Å². The molecule has 28 heavy (non-hydrogen) atoms. The van der Waals surface area contributed by atoms with Gasteiger partial charge in [-0.2, -0.15) is 0 Å². The number of thiazole rings is 1. The van der Waals surface area contributed by atoms with Gasteiger partial charge in [-0.3, -0.25) is 0 Å². The van der Waals surface area contributed by atoms with E-state index in [1.807, 2.05) is 30.5 Å². The summed E-state index contributed by atoms with van der Waals surface area (Å²) in [4.78, 5) is 5.72. The van der Waals surface area contributed by atoms with Gasteiger partial charge in [-0.25, -0.2) is 4.98 Å². The summed E-state index contributed by atoms with van der Waals surface area (Å²) in [5, 5.41) is 5.62. The predicted octanol–water partition coefficient (Wildman–Crippen LogP) is 7.07. The number of aromatic nitrogens is 1. The van der Waals surface area contributed by atoms with E-state index < -0.39 is 0 Å². The van der Waals surface area contributed by atoms with Crippen LogP contribution in [0.15, 0.2) is 79.0 Å². The third kappa shape index (κ3) is 4.62. The topological polar surface area (TPSA) is 24.9 Å². The Morgan fingerprint density at radius 1 is 0.750 bits per heavy atom. The van der Waals surface area contributed by atoms with Crippen LogP contribution in [0.3, 0.4) is 0 Å². The van der Waals surface area contributed by atoms with Gasteiger partial charge in [0.15, 0.2) is 0 Å². The van der Waals surface area contributed by atoms with Crippen molar-refractivity contribution in [3.05, 3.63) is 99.6 Å². The van der Waals surface area contributed by atoms with E-state index in [0.29, 0.717) is 16.6 Å². The highest BCUT2D eigenvalue weighted by Crippen LogP contribution is 2.29. The summed E-state index contributed by atoms with van der Waals surface area (Å²) in [6, 6.07) is 24.7. The predicted molar refractivity (Wildman–Crippen MR) is 120 cm³/mol. The van der Waals surface area contributed by atoms with Crippen LogP contribution >= 0.6 is 34.5 Å². The average molecular weight is 425 g/mol. The van der Waals surface area contributed by atoms with Crippen LogP contribution in [0.5, 0.6) is 0 Å². The lowest BCUT2D eigenvalue weighted by molar-refractivity contribution is 0.690. The van der Waals surface area contributed by atoms with E-state index in [9.17, 15) is 0 Å². The van der Waals surface area contributed by atoms with E-state index in [1.54, 1.807) is 11.3 Å². The number of nitrogens with one attached hydrogen (secondary N) is 1. The monoisotopic (exact) mass is 424 g/mol. The molecule has 0 saturated carbocycles. The fraction of sp³-hybridized carbons (Fsp3) is 0.0870. The first-order valence-electron chi connectivity index (χ1n) is 8.94. The lowest BCUT2D eigenvalue weighted by Crippen LogP contribution is -2.12. The summed E-state index contributed by atoms with van der Waals surface area (Å²) in [6.45, 7) is 1.44. The number of halogens is 2. The van der Waals surface area contributed by atoms with E-state index >= 15 is 0 Å². The zero-order valence-electron chi connectivity index (χ0n) is 15.0. The fourth-order valence-corrected chi connectivity index (χ4v) is 4.16. The molecule has 0 radical (unpaired) electrons. The van der Waals surface area contributed by atoms with Crippen molar-refractivity contribution in [2.45, 2.75) is 13.1 Å². The van der Waals surface area contributed by atoms with Crippen LogP contribution in [-0.2, 0) is 13.1 Å². The van der Waals surface area contributed by atoms with Gasteiger partial charge in [0, 0.05) is 19.3 Å². The van der Waals surface area contributed by atoms with Crippen molar-refractivity contribution in [1.29, 1.82) is 0 Å². The molecule has 0 amide bonds. The van der Waals surface area contributed by atoms with Gasteiger partial charge in [0.2, 0.25) is 0 Å². The summed E-state index contributed by atoms with van der Waals surface area (Å²) in [6.07, 6.45) is 1.94. The first-order valence-corrected chi connectivity index (χ1v) is 10.5. The highest BCUT2D eigenvalue weighted by Gasteiger charge is 2.06. The van der Waals surface area contributed by atoms with E-state index in [4.69, 9.17) is 23.2 Å². The number of hydrogen-bond acceptors (Lipinski definition) is 3. The summed E-state index contributed by atoms with van der Waals surface area (Å²) >= 11 is 13.7. The molecule has 0 atom stereocenters. The maximum absolute atomic E-state index is 6.06. The smallest absolute Gasteiger partial charge is 0.107 e. The number of nitrogens with zero attached hydrogens (tertiary/aromatic N) is 1.